The van der Waals surface area contributed by atoms with E-state index < -0.39 is 11.6 Å². The highest BCUT2D eigenvalue weighted by atomic mass is 16.6. The van der Waals surface area contributed by atoms with Crippen LogP contribution in [0.25, 0.3) is 5.57 Å². The number of carboxylic acids is 1. The number of hydrogen-bond acceptors (Lipinski definition) is 9. The lowest BCUT2D eigenvalue weighted by molar-refractivity contribution is -0.160. The number of aliphatic carboxylic acids is 1. The number of allylic oxidation sites excluding steroid dienone is 1. The SMILES string of the molecule is Cc1cccc(C)c1/C(C(=O)O)=C(\OCc1ccccc1)C1CCC(OCCN2CCN(CCOCCOCC(=O)OC(C)(C)C)CC2)CC1. The monoisotopic (exact) mass is 694 g/mol. The van der Waals surface area contributed by atoms with E-state index in [2.05, 4.69) is 9.80 Å². The number of piperazine rings is 1. The molecule has 10 heteroatoms. The maximum atomic E-state index is 12.8. The fourth-order valence-corrected chi connectivity index (χ4v) is 6.69. The van der Waals surface area contributed by atoms with Crippen molar-refractivity contribution < 1.29 is 38.4 Å². The molecule has 2 aromatic carbocycles. The average molecular weight is 695 g/mol. The number of hydrogen-bond donors (Lipinski definition) is 1. The number of rotatable bonds is 18. The molecule has 1 aliphatic heterocycles. The van der Waals surface area contributed by atoms with Gasteiger partial charge in [-0.05, 0) is 82.6 Å². The summed E-state index contributed by atoms with van der Waals surface area (Å²) in [6, 6.07) is 15.8. The maximum absolute atomic E-state index is 12.8. The number of carbonyl (C=O) groups excluding carboxylic acids is 1. The van der Waals surface area contributed by atoms with E-state index in [1.54, 1.807) is 0 Å². The molecule has 4 rings (SSSR count). The molecule has 0 bridgehead atoms. The summed E-state index contributed by atoms with van der Waals surface area (Å²) in [5, 5.41) is 10.5. The summed E-state index contributed by atoms with van der Waals surface area (Å²) < 4.78 is 29.1. The molecule has 2 aromatic rings. The molecule has 0 spiro atoms. The number of aryl methyl sites for hydroxylation is 2. The Labute approximate surface area is 298 Å². The molecule has 0 atom stereocenters. The molecule has 0 amide bonds. The van der Waals surface area contributed by atoms with Crippen LogP contribution in [-0.2, 0) is 39.9 Å². The molecule has 1 saturated heterocycles. The first-order valence-corrected chi connectivity index (χ1v) is 18.1. The lowest BCUT2D eigenvalue weighted by atomic mass is 9.82. The van der Waals surface area contributed by atoms with E-state index in [9.17, 15) is 14.7 Å². The molecule has 2 aliphatic rings. The Kier molecular flexibility index (Phi) is 15.8. The fraction of sp³-hybridized carbons (Fsp3) is 0.600. The second-order valence-electron chi connectivity index (χ2n) is 14.4. The van der Waals surface area contributed by atoms with Gasteiger partial charge < -0.3 is 28.8 Å². The standard InChI is InChI=1S/C40H58N2O8/c1-30-10-9-11-31(2)36(30)37(39(44)45)38(49-28-32-12-7-6-8-13-32)33-14-16-34(17-15-33)48-25-23-42-20-18-41(19-21-42)22-24-46-26-27-47-29-35(43)50-40(3,4)5/h6-13,33-34H,14-29H2,1-5H3,(H,44,45)/b38-37+. The van der Waals surface area contributed by atoms with Crippen LogP contribution in [-0.4, -0.2) is 111 Å². The van der Waals surface area contributed by atoms with E-state index in [1.165, 1.54) is 0 Å². The zero-order valence-electron chi connectivity index (χ0n) is 30.8. The van der Waals surface area contributed by atoms with Crippen molar-refractivity contribution in [3.05, 3.63) is 76.5 Å². The van der Waals surface area contributed by atoms with Crippen molar-refractivity contribution in [3.8, 4) is 0 Å². The highest BCUT2D eigenvalue weighted by Crippen LogP contribution is 2.38. The maximum Gasteiger partial charge on any atom is 0.339 e. The summed E-state index contributed by atoms with van der Waals surface area (Å²) in [5.74, 6) is -0.698. The Hall–Kier alpha value is -3.28. The lowest BCUT2D eigenvalue weighted by Crippen LogP contribution is -2.48. The van der Waals surface area contributed by atoms with Gasteiger partial charge in [0.25, 0.3) is 0 Å². The highest BCUT2D eigenvalue weighted by molar-refractivity contribution is 6.17. The summed E-state index contributed by atoms with van der Waals surface area (Å²) in [5.41, 5.74) is 3.43. The van der Waals surface area contributed by atoms with Gasteiger partial charge in [-0.3, -0.25) is 9.80 Å². The molecule has 1 heterocycles. The number of benzene rings is 2. The topological polar surface area (TPSA) is 107 Å². The smallest absolute Gasteiger partial charge is 0.339 e. The number of nitrogens with zero attached hydrogens (tertiary/aromatic N) is 2. The minimum atomic E-state index is -0.946. The summed E-state index contributed by atoms with van der Waals surface area (Å²) in [7, 11) is 0. The van der Waals surface area contributed by atoms with Gasteiger partial charge in [0.15, 0.2) is 0 Å². The van der Waals surface area contributed by atoms with Crippen LogP contribution >= 0.6 is 0 Å². The summed E-state index contributed by atoms with van der Waals surface area (Å²) in [4.78, 5) is 29.4. The zero-order chi connectivity index (χ0) is 35.9. The second-order valence-corrected chi connectivity index (χ2v) is 14.4. The van der Waals surface area contributed by atoms with Crippen LogP contribution in [0.4, 0.5) is 0 Å². The third-order valence-corrected chi connectivity index (χ3v) is 9.26. The Morgan fingerprint density at radius 3 is 1.98 bits per heavy atom. The summed E-state index contributed by atoms with van der Waals surface area (Å²) in [6.45, 7) is 17.6. The third-order valence-electron chi connectivity index (χ3n) is 9.26. The van der Waals surface area contributed by atoms with Crippen molar-refractivity contribution in [1.29, 1.82) is 0 Å². The van der Waals surface area contributed by atoms with Crippen LogP contribution in [0.2, 0.25) is 0 Å². The predicted molar refractivity (Wildman–Crippen MR) is 194 cm³/mol. The van der Waals surface area contributed by atoms with Gasteiger partial charge in [0.1, 0.15) is 30.1 Å². The van der Waals surface area contributed by atoms with Gasteiger partial charge >= 0.3 is 11.9 Å². The minimum Gasteiger partial charge on any atom is -0.492 e. The lowest BCUT2D eigenvalue weighted by Gasteiger charge is -2.35. The van der Waals surface area contributed by atoms with Crippen LogP contribution < -0.4 is 0 Å². The molecule has 0 radical (unpaired) electrons. The van der Waals surface area contributed by atoms with Crippen molar-refractivity contribution in [1.82, 2.24) is 9.80 Å². The van der Waals surface area contributed by atoms with E-state index in [4.69, 9.17) is 23.7 Å². The van der Waals surface area contributed by atoms with Gasteiger partial charge in [0.2, 0.25) is 0 Å². The molecule has 2 fully saturated rings. The number of carboxylic acid groups (broad SMARTS) is 1. The summed E-state index contributed by atoms with van der Waals surface area (Å²) >= 11 is 0. The minimum absolute atomic E-state index is 0.0190. The van der Waals surface area contributed by atoms with Gasteiger partial charge in [0, 0.05) is 45.2 Å². The highest BCUT2D eigenvalue weighted by Gasteiger charge is 2.31. The molecular formula is C40H58N2O8. The molecule has 1 saturated carbocycles. The largest absolute Gasteiger partial charge is 0.492 e. The van der Waals surface area contributed by atoms with Crippen molar-refractivity contribution in [3.63, 3.8) is 0 Å². The van der Waals surface area contributed by atoms with Crippen LogP contribution in [0.3, 0.4) is 0 Å². The molecule has 50 heavy (non-hydrogen) atoms. The van der Waals surface area contributed by atoms with Crippen molar-refractivity contribution in [2.24, 2.45) is 5.92 Å². The first kappa shape index (κ1) is 39.5. The summed E-state index contributed by atoms with van der Waals surface area (Å²) in [6.07, 6.45) is 3.58. The average Bonchev–Trinajstić information content (AvgIpc) is 3.07. The normalized spacial score (nSPS) is 19.5. The Balaban J connectivity index is 1.17. The molecular weight excluding hydrogens is 636 g/mol. The second kappa shape index (κ2) is 19.9. The Bertz CT molecular complexity index is 1350. The van der Waals surface area contributed by atoms with Gasteiger partial charge in [0.05, 0.1) is 32.5 Å². The third kappa shape index (κ3) is 13.1. The van der Waals surface area contributed by atoms with E-state index in [-0.39, 0.29) is 30.2 Å². The quantitative estimate of drug-likeness (QED) is 0.0880. The van der Waals surface area contributed by atoms with E-state index in [0.29, 0.717) is 38.8 Å². The molecule has 1 aliphatic carbocycles. The van der Waals surface area contributed by atoms with Crippen LogP contribution in [0.5, 0.6) is 0 Å². The Morgan fingerprint density at radius 1 is 0.780 bits per heavy atom. The van der Waals surface area contributed by atoms with E-state index in [0.717, 1.165) is 87.2 Å². The molecule has 1 N–H and O–H groups in total. The zero-order valence-corrected chi connectivity index (χ0v) is 30.8. The van der Waals surface area contributed by atoms with Crippen LogP contribution in [0, 0.1) is 19.8 Å². The fourth-order valence-electron chi connectivity index (χ4n) is 6.69. The van der Waals surface area contributed by atoms with E-state index >= 15 is 0 Å². The van der Waals surface area contributed by atoms with Crippen molar-refractivity contribution in [2.45, 2.75) is 78.6 Å². The first-order valence-electron chi connectivity index (χ1n) is 18.1. The van der Waals surface area contributed by atoms with Crippen molar-refractivity contribution in [2.75, 3.05) is 72.3 Å². The Morgan fingerprint density at radius 2 is 1.38 bits per heavy atom. The van der Waals surface area contributed by atoms with Gasteiger partial charge in [-0.25, -0.2) is 9.59 Å². The predicted octanol–water partition coefficient (Wildman–Crippen LogP) is 5.88. The molecule has 0 aromatic heterocycles. The van der Waals surface area contributed by atoms with Gasteiger partial charge in [-0.15, -0.1) is 0 Å². The van der Waals surface area contributed by atoms with Gasteiger partial charge in [-0.2, -0.15) is 0 Å². The van der Waals surface area contributed by atoms with Crippen molar-refractivity contribution >= 4 is 17.5 Å². The first-order chi connectivity index (χ1) is 24.0. The molecule has 10 nitrogen and oxygen atoms in total. The molecule has 276 valence electrons. The van der Waals surface area contributed by atoms with Crippen LogP contribution in [0.1, 0.15) is 68.7 Å². The number of esters is 1. The van der Waals surface area contributed by atoms with Gasteiger partial charge in [-0.1, -0.05) is 48.5 Å². The number of ether oxygens (including phenoxy) is 5. The van der Waals surface area contributed by atoms with Crippen LogP contribution in [0.15, 0.2) is 54.3 Å². The van der Waals surface area contributed by atoms with E-state index in [1.807, 2.05) is 83.1 Å². The number of carbonyl (C=O) groups is 2. The molecule has 0 unspecified atom stereocenters.